The van der Waals surface area contributed by atoms with Gasteiger partial charge in [0.25, 0.3) is 5.91 Å². The third-order valence-corrected chi connectivity index (χ3v) is 4.05. The summed E-state index contributed by atoms with van der Waals surface area (Å²) < 4.78 is 32.7. The van der Waals surface area contributed by atoms with E-state index in [0.717, 1.165) is 22.9 Å². The molecule has 1 aromatic heterocycles. The lowest BCUT2D eigenvalue weighted by molar-refractivity contribution is 0.0996. The molecule has 26 heavy (non-hydrogen) atoms. The van der Waals surface area contributed by atoms with Crippen LogP contribution < -0.4 is 11.3 Å². The van der Waals surface area contributed by atoms with Crippen LogP contribution in [0.3, 0.4) is 0 Å². The Balaban J connectivity index is 2.06. The lowest BCUT2D eigenvalue weighted by Gasteiger charge is -2.06. The van der Waals surface area contributed by atoms with Crippen molar-refractivity contribution >= 4 is 33.3 Å². The Morgan fingerprint density at radius 1 is 0.962 bits per heavy atom. The predicted octanol–water partition coefficient (Wildman–Crippen LogP) is 4.20. The summed E-state index contributed by atoms with van der Waals surface area (Å²) >= 11 is 0. The van der Waals surface area contributed by atoms with E-state index in [4.69, 9.17) is 10.2 Å². The molecule has 0 atom stereocenters. The summed E-state index contributed by atoms with van der Waals surface area (Å²) in [5.74, 6) is -2.35. The first-order valence-electron chi connectivity index (χ1n) is 7.78. The van der Waals surface area contributed by atoms with Crippen molar-refractivity contribution in [3.05, 3.63) is 83.4 Å². The fourth-order valence-electron chi connectivity index (χ4n) is 2.82. The lowest BCUT2D eigenvalue weighted by Crippen LogP contribution is -2.21. The highest BCUT2D eigenvalue weighted by molar-refractivity contribution is 6.07. The van der Waals surface area contributed by atoms with Gasteiger partial charge in [-0.1, -0.05) is 30.3 Å². The van der Waals surface area contributed by atoms with Crippen molar-refractivity contribution in [1.29, 1.82) is 0 Å². The van der Waals surface area contributed by atoms with Gasteiger partial charge in [0.05, 0.1) is 0 Å². The maximum absolute atomic E-state index is 13.9. The van der Waals surface area contributed by atoms with Crippen molar-refractivity contribution in [3.8, 4) is 0 Å². The van der Waals surface area contributed by atoms with Crippen LogP contribution in [0.15, 0.2) is 70.1 Å². The second kappa shape index (κ2) is 6.07. The number of primary amides is 1. The Hall–Kier alpha value is -3.54. The SMILES string of the molecule is NC(=O)c1cc2c(ccc3ccccc32)oc1=Nc1ccc(F)cc1F. The second-order valence-corrected chi connectivity index (χ2v) is 5.74. The van der Waals surface area contributed by atoms with Crippen LogP contribution in [0.2, 0.25) is 0 Å². The summed E-state index contributed by atoms with van der Waals surface area (Å²) in [4.78, 5) is 15.9. The van der Waals surface area contributed by atoms with Crippen molar-refractivity contribution < 1.29 is 18.0 Å². The first-order valence-corrected chi connectivity index (χ1v) is 7.78. The predicted molar refractivity (Wildman–Crippen MR) is 93.8 cm³/mol. The van der Waals surface area contributed by atoms with Gasteiger partial charge in [0, 0.05) is 11.5 Å². The van der Waals surface area contributed by atoms with E-state index >= 15 is 0 Å². The molecule has 0 bridgehead atoms. The number of rotatable bonds is 2. The topological polar surface area (TPSA) is 68.6 Å². The molecule has 128 valence electrons. The number of hydrogen-bond acceptors (Lipinski definition) is 3. The largest absolute Gasteiger partial charge is 0.437 e. The van der Waals surface area contributed by atoms with Gasteiger partial charge in [0.1, 0.15) is 22.7 Å². The van der Waals surface area contributed by atoms with Gasteiger partial charge in [-0.3, -0.25) is 4.79 Å². The van der Waals surface area contributed by atoms with E-state index < -0.39 is 17.5 Å². The standard InChI is InChI=1S/C20H12F2N2O2/c21-12-6-7-17(16(22)9-12)24-20-15(19(23)25)10-14-13-4-2-1-3-11(13)5-8-18(14)26-20/h1-10H,(H2,23,25). The van der Waals surface area contributed by atoms with Crippen molar-refractivity contribution in [2.24, 2.45) is 10.7 Å². The Kier molecular flexibility index (Phi) is 3.73. The first-order chi connectivity index (χ1) is 12.5. The highest BCUT2D eigenvalue weighted by Crippen LogP contribution is 2.25. The van der Waals surface area contributed by atoms with Gasteiger partial charge in [0.2, 0.25) is 5.55 Å². The fourth-order valence-corrected chi connectivity index (χ4v) is 2.82. The van der Waals surface area contributed by atoms with Crippen LogP contribution in [0.4, 0.5) is 14.5 Å². The van der Waals surface area contributed by atoms with Crippen molar-refractivity contribution in [3.63, 3.8) is 0 Å². The van der Waals surface area contributed by atoms with E-state index in [-0.39, 0.29) is 16.8 Å². The Morgan fingerprint density at radius 2 is 1.77 bits per heavy atom. The number of amides is 1. The van der Waals surface area contributed by atoms with Crippen LogP contribution in [0.25, 0.3) is 21.7 Å². The number of fused-ring (bicyclic) bond motifs is 3. The third kappa shape index (κ3) is 2.71. The van der Waals surface area contributed by atoms with E-state index in [0.29, 0.717) is 17.0 Å². The van der Waals surface area contributed by atoms with Gasteiger partial charge in [-0.05, 0) is 35.0 Å². The van der Waals surface area contributed by atoms with E-state index in [2.05, 4.69) is 4.99 Å². The zero-order valence-corrected chi connectivity index (χ0v) is 13.4. The van der Waals surface area contributed by atoms with Crippen LogP contribution in [-0.4, -0.2) is 5.91 Å². The number of carbonyl (C=O) groups is 1. The van der Waals surface area contributed by atoms with Crippen LogP contribution in [0, 0.1) is 11.6 Å². The van der Waals surface area contributed by atoms with E-state index in [1.807, 2.05) is 30.3 Å². The van der Waals surface area contributed by atoms with Gasteiger partial charge in [0.15, 0.2) is 5.82 Å². The molecular formula is C20H12F2N2O2. The highest BCUT2D eigenvalue weighted by Gasteiger charge is 2.12. The minimum atomic E-state index is -0.866. The molecule has 0 aliphatic rings. The van der Waals surface area contributed by atoms with Crippen molar-refractivity contribution in [1.82, 2.24) is 0 Å². The number of nitrogens with zero attached hydrogens (tertiary/aromatic N) is 1. The van der Waals surface area contributed by atoms with Gasteiger partial charge in [-0.2, -0.15) is 0 Å². The normalized spacial score (nSPS) is 12.0. The number of halogens is 2. The molecule has 6 heteroatoms. The average Bonchev–Trinajstić information content (AvgIpc) is 2.63. The molecule has 0 spiro atoms. The van der Waals surface area contributed by atoms with Gasteiger partial charge < -0.3 is 10.2 Å². The summed E-state index contributed by atoms with van der Waals surface area (Å²) in [6.07, 6.45) is 0. The number of benzene rings is 3. The minimum Gasteiger partial charge on any atom is -0.437 e. The maximum atomic E-state index is 13.9. The number of nitrogens with two attached hydrogens (primary N) is 1. The summed E-state index contributed by atoms with van der Waals surface area (Å²) in [6, 6.07) is 15.7. The molecule has 4 rings (SSSR count). The van der Waals surface area contributed by atoms with E-state index in [1.165, 1.54) is 0 Å². The molecule has 4 nitrogen and oxygen atoms in total. The smallest absolute Gasteiger partial charge is 0.254 e. The van der Waals surface area contributed by atoms with Crippen LogP contribution in [0.5, 0.6) is 0 Å². The van der Waals surface area contributed by atoms with Gasteiger partial charge in [-0.25, -0.2) is 13.8 Å². The molecule has 0 saturated heterocycles. The summed E-state index contributed by atoms with van der Waals surface area (Å²) in [5.41, 5.74) is 5.64. The Labute approximate surface area is 146 Å². The quantitative estimate of drug-likeness (QED) is 0.551. The second-order valence-electron chi connectivity index (χ2n) is 5.74. The summed E-state index contributed by atoms with van der Waals surface area (Å²) in [7, 11) is 0. The van der Waals surface area contributed by atoms with Gasteiger partial charge in [-0.15, -0.1) is 0 Å². The molecule has 0 saturated carbocycles. The molecule has 0 aliphatic heterocycles. The monoisotopic (exact) mass is 350 g/mol. The zero-order chi connectivity index (χ0) is 18.3. The van der Waals surface area contributed by atoms with E-state index in [9.17, 15) is 13.6 Å². The van der Waals surface area contributed by atoms with E-state index in [1.54, 1.807) is 12.1 Å². The Bertz CT molecular complexity index is 1250. The number of hydrogen-bond donors (Lipinski definition) is 1. The summed E-state index contributed by atoms with van der Waals surface area (Å²) in [6.45, 7) is 0. The molecule has 0 unspecified atom stereocenters. The average molecular weight is 350 g/mol. The molecular weight excluding hydrogens is 338 g/mol. The molecule has 0 fully saturated rings. The van der Waals surface area contributed by atoms with Crippen LogP contribution in [0.1, 0.15) is 10.4 Å². The van der Waals surface area contributed by atoms with Crippen molar-refractivity contribution in [2.75, 3.05) is 0 Å². The minimum absolute atomic E-state index is 0.0116. The molecule has 2 N–H and O–H groups in total. The molecule has 1 heterocycles. The molecule has 0 aliphatic carbocycles. The maximum Gasteiger partial charge on any atom is 0.254 e. The van der Waals surface area contributed by atoms with Crippen LogP contribution >= 0.6 is 0 Å². The zero-order valence-electron chi connectivity index (χ0n) is 13.4. The fraction of sp³-hybridized carbons (Fsp3) is 0. The molecule has 3 aromatic carbocycles. The van der Waals surface area contributed by atoms with Crippen molar-refractivity contribution in [2.45, 2.75) is 0 Å². The molecule has 1 amide bonds. The highest BCUT2D eigenvalue weighted by atomic mass is 19.1. The summed E-state index contributed by atoms with van der Waals surface area (Å²) in [5, 5.41) is 2.55. The molecule has 0 radical (unpaired) electrons. The Morgan fingerprint density at radius 3 is 2.54 bits per heavy atom. The van der Waals surface area contributed by atoms with Gasteiger partial charge >= 0.3 is 0 Å². The first kappa shape index (κ1) is 16.0. The lowest BCUT2D eigenvalue weighted by atomic mass is 10.0. The van der Waals surface area contributed by atoms with Crippen LogP contribution in [-0.2, 0) is 0 Å². The molecule has 4 aromatic rings. The number of carbonyl (C=O) groups excluding carboxylic acids is 1. The third-order valence-electron chi connectivity index (χ3n) is 4.05.